The zero-order valence-corrected chi connectivity index (χ0v) is 21.5. The highest BCUT2D eigenvalue weighted by molar-refractivity contribution is 5.88. The second-order valence-electron chi connectivity index (χ2n) is 9.18. The molecule has 2 atom stereocenters. The molecular formula is C28H30O12. The SMILES string of the molecule is CCCOC(=O)C1(O)C[C@@H](OC(=O)/C=C/c2ccc(O)c(O)c2)C(O)[C@H](OC(=O)/C=C/c2ccc(O)c(O)c2)C1. The Hall–Kier alpha value is -4.55. The summed E-state index contributed by atoms with van der Waals surface area (Å²) in [5, 5.41) is 59.9. The number of hydrogen-bond donors (Lipinski definition) is 6. The number of esters is 3. The van der Waals surface area contributed by atoms with Crippen molar-refractivity contribution in [3.05, 3.63) is 59.7 Å². The van der Waals surface area contributed by atoms with Gasteiger partial charge in [0.15, 0.2) is 28.6 Å². The third-order valence-electron chi connectivity index (χ3n) is 6.01. The number of benzene rings is 2. The number of ether oxygens (including phenoxy) is 3. The summed E-state index contributed by atoms with van der Waals surface area (Å²) in [6.45, 7) is 1.75. The van der Waals surface area contributed by atoms with E-state index in [2.05, 4.69) is 0 Å². The summed E-state index contributed by atoms with van der Waals surface area (Å²) in [4.78, 5) is 37.6. The fraction of sp³-hybridized carbons (Fsp3) is 0.321. The van der Waals surface area contributed by atoms with Crippen molar-refractivity contribution in [2.75, 3.05) is 6.61 Å². The van der Waals surface area contributed by atoms with Gasteiger partial charge in [-0.2, -0.15) is 0 Å². The maximum atomic E-state index is 12.6. The molecule has 0 aromatic heterocycles. The number of rotatable bonds is 9. The summed E-state index contributed by atoms with van der Waals surface area (Å²) in [7, 11) is 0. The fourth-order valence-corrected chi connectivity index (χ4v) is 3.94. The molecule has 0 bridgehead atoms. The molecule has 1 fully saturated rings. The van der Waals surface area contributed by atoms with Gasteiger partial charge in [0.25, 0.3) is 0 Å². The average Bonchev–Trinajstić information content (AvgIpc) is 2.91. The van der Waals surface area contributed by atoms with E-state index in [9.17, 15) is 45.0 Å². The number of aliphatic hydroxyl groups excluding tert-OH is 1. The second-order valence-corrected chi connectivity index (χ2v) is 9.18. The van der Waals surface area contributed by atoms with Gasteiger partial charge in [0, 0.05) is 25.0 Å². The molecule has 1 aliphatic carbocycles. The molecule has 0 heterocycles. The lowest BCUT2D eigenvalue weighted by Crippen LogP contribution is -2.58. The molecule has 1 saturated carbocycles. The Labute approximate surface area is 229 Å². The molecule has 12 nitrogen and oxygen atoms in total. The van der Waals surface area contributed by atoms with Crippen LogP contribution in [0.2, 0.25) is 0 Å². The van der Waals surface area contributed by atoms with Crippen molar-refractivity contribution < 1.29 is 59.2 Å². The van der Waals surface area contributed by atoms with E-state index in [1.165, 1.54) is 48.6 Å². The van der Waals surface area contributed by atoms with Crippen LogP contribution in [0, 0.1) is 0 Å². The monoisotopic (exact) mass is 558 g/mol. The Kier molecular flexibility index (Phi) is 9.75. The summed E-state index contributed by atoms with van der Waals surface area (Å²) >= 11 is 0. The van der Waals surface area contributed by atoms with Crippen LogP contribution in [0.4, 0.5) is 0 Å². The van der Waals surface area contributed by atoms with Gasteiger partial charge in [-0.1, -0.05) is 19.1 Å². The molecule has 2 aromatic carbocycles. The van der Waals surface area contributed by atoms with E-state index in [0.29, 0.717) is 17.5 Å². The van der Waals surface area contributed by atoms with Crippen LogP contribution in [0.15, 0.2) is 48.6 Å². The minimum Gasteiger partial charge on any atom is -0.504 e. The number of carbonyl (C=O) groups excluding carboxylic acids is 3. The smallest absolute Gasteiger partial charge is 0.338 e. The molecule has 1 aliphatic rings. The van der Waals surface area contributed by atoms with E-state index in [-0.39, 0.29) is 18.1 Å². The molecule has 3 rings (SSSR count). The van der Waals surface area contributed by atoms with Crippen LogP contribution in [0.5, 0.6) is 23.0 Å². The first-order valence-electron chi connectivity index (χ1n) is 12.3. The van der Waals surface area contributed by atoms with Crippen molar-refractivity contribution in [2.45, 2.75) is 50.1 Å². The first-order valence-corrected chi connectivity index (χ1v) is 12.3. The van der Waals surface area contributed by atoms with Gasteiger partial charge in [-0.3, -0.25) is 0 Å². The first-order chi connectivity index (χ1) is 18.9. The van der Waals surface area contributed by atoms with Gasteiger partial charge >= 0.3 is 17.9 Å². The van der Waals surface area contributed by atoms with Crippen molar-refractivity contribution in [1.82, 2.24) is 0 Å². The van der Waals surface area contributed by atoms with Crippen LogP contribution in [0.25, 0.3) is 12.2 Å². The number of aromatic hydroxyl groups is 4. The van der Waals surface area contributed by atoms with Gasteiger partial charge in [0.2, 0.25) is 0 Å². The molecule has 0 amide bonds. The predicted molar refractivity (Wildman–Crippen MR) is 139 cm³/mol. The Morgan fingerprint density at radius 2 is 1.27 bits per heavy atom. The minimum atomic E-state index is -2.25. The number of carbonyl (C=O) groups is 3. The summed E-state index contributed by atoms with van der Waals surface area (Å²) < 4.78 is 15.6. The lowest BCUT2D eigenvalue weighted by molar-refractivity contribution is -0.206. The quantitative estimate of drug-likeness (QED) is 0.113. The van der Waals surface area contributed by atoms with Crippen LogP contribution in [-0.2, 0) is 28.6 Å². The van der Waals surface area contributed by atoms with Gasteiger partial charge in [-0.05, 0) is 54.0 Å². The molecule has 0 radical (unpaired) electrons. The largest absolute Gasteiger partial charge is 0.504 e. The van der Waals surface area contributed by atoms with Crippen molar-refractivity contribution in [3.63, 3.8) is 0 Å². The van der Waals surface area contributed by atoms with Gasteiger partial charge in [0.05, 0.1) is 6.61 Å². The zero-order valence-electron chi connectivity index (χ0n) is 21.5. The molecule has 6 N–H and O–H groups in total. The summed E-state index contributed by atoms with van der Waals surface area (Å²) in [5.41, 5.74) is -1.56. The third kappa shape index (κ3) is 7.74. The highest BCUT2D eigenvalue weighted by Gasteiger charge is 2.53. The van der Waals surface area contributed by atoms with E-state index < -0.39 is 66.2 Å². The van der Waals surface area contributed by atoms with Crippen molar-refractivity contribution in [3.8, 4) is 23.0 Å². The van der Waals surface area contributed by atoms with Gasteiger partial charge in [-0.25, -0.2) is 14.4 Å². The number of phenols is 4. The topological polar surface area (TPSA) is 200 Å². The lowest BCUT2D eigenvalue weighted by atomic mass is 9.79. The summed E-state index contributed by atoms with van der Waals surface area (Å²) in [6.07, 6.45) is -0.704. The normalized spacial score (nSPS) is 22.7. The maximum Gasteiger partial charge on any atom is 0.338 e. The van der Waals surface area contributed by atoms with Crippen molar-refractivity contribution in [1.29, 1.82) is 0 Å². The molecule has 12 heteroatoms. The zero-order chi connectivity index (χ0) is 29.4. The Bertz CT molecular complexity index is 1210. The van der Waals surface area contributed by atoms with Crippen LogP contribution in [-0.4, -0.2) is 79.1 Å². The van der Waals surface area contributed by atoms with Crippen LogP contribution < -0.4 is 0 Å². The highest BCUT2D eigenvalue weighted by Crippen LogP contribution is 2.34. The van der Waals surface area contributed by atoms with Crippen LogP contribution in [0.3, 0.4) is 0 Å². The van der Waals surface area contributed by atoms with Crippen LogP contribution >= 0.6 is 0 Å². The first kappa shape index (κ1) is 30.0. The molecule has 0 unspecified atom stereocenters. The lowest BCUT2D eigenvalue weighted by Gasteiger charge is -2.41. The maximum absolute atomic E-state index is 12.6. The minimum absolute atomic E-state index is 0.00301. The van der Waals surface area contributed by atoms with E-state index in [4.69, 9.17) is 14.2 Å². The van der Waals surface area contributed by atoms with Gasteiger partial charge in [0.1, 0.15) is 18.3 Å². The number of phenolic OH excluding ortho intramolecular Hbond substituents is 4. The molecule has 40 heavy (non-hydrogen) atoms. The predicted octanol–water partition coefficient (Wildman–Crippen LogP) is 1.90. The van der Waals surface area contributed by atoms with Gasteiger partial charge < -0.3 is 44.8 Å². The Balaban J connectivity index is 1.76. The third-order valence-corrected chi connectivity index (χ3v) is 6.01. The summed E-state index contributed by atoms with van der Waals surface area (Å²) in [5.74, 6) is -4.50. The number of aliphatic hydroxyl groups is 2. The van der Waals surface area contributed by atoms with E-state index >= 15 is 0 Å². The molecule has 0 spiro atoms. The molecular weight excluding hydrogens is 528 g/mol. The average molecular weight is 559 g/mol. The van der Waals surface area contributed by atoms with E-state index in [0.717, 1.165) is 12.2 Å². The highest BCUT2D eigenvalue weighted by atomic mass is 16.6. The van der Waals surface area contributed by atoms with E-state index in [1.807, 2.05) is 0 Å². The fourth-order valence-electron chi connectivity index (χ4n) is 3.94. The standard InChI is InChI=1S/C28H30O12/c1-2-11-38-27(36)28(37)14-22(39-24(33)9-5-16-3-7-18(29)20(31)12-16)26(35)23(15-28)40-25(34)10-6-17-4-8-19(30)21(32)13-17/h3-10,12-13,22-23,26,29-32,35,37H,2,11,14-15H2,1H3/b9-5+,10-6+/t22-,23-,26?,28?/m1/s1. The van der Waals surface area contributed by atoms with Crippen LogP contribution in [0.1, 0.15) is 37.3 Å². The molecule has 0 aliphatic heterocycles. The van der Waals surface area contributed by atoms with Crippen molar-refractivity contribution in [2.24, 2.45) is 0 Å². The Morgan fingerprint density at radius 1 is 0.825 bits per heavy atom. The Morgan fingerprint density at radius 3 is 1.68 bits per heavy atom. The molecule has 0 saturated heterocycles. The van der Waals surface area contributed by atoms with Crippen molar-refractivity contribution >= 4 is 30.1 Å². The summed E-state index contributed by atoms with van der Waals surface area (Å²) in [6, 6.07) is 7.65. The van der Waals surface area contributed by atoms with E-state index in [1.54, 1.807) is 6.92 Å². The number of hydrogen-bond acceptors (Lipinski definition) is 12. The molecule has 214 valence electrons. The second kappa shape index (κ2) is 13.0. The molecule has 2 aromatic rings. The van der Waals surface area contributed by atoms with Gasteiger partial charge in [-0.15, -0.1) is 0 Å².